The normalized spacial score (nSPS) is 26.2. The highest BCUT2D eigenvalue weighted by Crippen LogP contribution is 2.58. The average Bonchev–Trinajstić information content (AvgIpc) is 2.65. The molecule has 24 heavy (non-hydrogen) atoms. The monoisotopic (exact) mass is 306 g/mol. The molecule has 0 spiro atoms. The van der Waals surface area contributed by atoms with E-state index in [1.165, 1.54) is 33.0 Å². The summed E-state index contributed by atoms with van der Waals surface area (Å²) in [6.45, 7) is 0. The third-order valence-electron chi connectivity index (χ3n) is 5.69. The highest BCUT2D eigenvalue weighted by atomic mass is 14.5. The van der Waals surface area contributed by atoms with Gasteiger partial charge in [0.2, 0.25) is 0 Å². The fourth-order valence-electron chi connectivity index (χ4n) is 4.72. The molecule has 2 heteroatoms. The van der Waals surface area contributed by atoms with Crippen molar-refractivity contribution in [3.63, 3.8) is 0 Å². The molecule has 6 rings (SSSR count). The fourth-order valence-corrected chi connectivity index (χ4v) is 4.72. The minimum absolute atomic E-state index is 0.000422. The van der Waals surface area contributed by atoms with Gasteiger partial charge in [-0.2, -0.15) is 10.5 Å². The smallest absolute Gasteiger partial charge is 0.0740 e. The topological polar surface area (TPSA) is 47.6 Å². The van der Waals surface area contributed by atoms with Gasteiger partial charge in [0.25, 0.3) is 0 Å². The van der Waals surface area contributed by atoms with Crippen LogP contribution in [0.15, 0.2) is 60.7 Å². The van der Waals surface area contributed by atoms with Gasteiger partial charge in [-0.25, -0.2) is 0 Å². The van der Waals surface area contributed by atoms with Crippen molar-refractivity contribution in [2.45, 2.75) is 11.8 Å². The zero-order chi connectivity index (χ0) is 16.3. The van der Waals surface area contributed by atoms with E-state index < -0.39 is 0 Å². The van der Waals surface area contributed by atoms with Gasteiger partial charge in [-0.15, -0.1) is 0 Å². The van der Waals surface area contributed by atoms with Crippen molar-refractivity contribution in [1.82, 2.24) is 0 Å². The molecule has 0 saturated carbocycles. The van der Waals surface area contributed by atoms with E-state index in [-0.39, 0.29) is 23.7 Å². The lowest BCUT2D eigenvalue weighted by Gasteiger charge is -2.46. The molecule has 0 amide bonds. The van der Waals surface area contributed by atoms with E-state index in [4.69, 9.17) is 0 Å². The summed E-state index contributed by atoms with van der Waals surface area (Å²) in [6.07, 6.45) is 0. The molecule has 0 aliphatic heterocycles. The van der Waals surface area contributed by atoms with Gasteiger partial charge in [-0.3, -0.25) is 0 Å². The van der Waals surface area contributed by atoms with Crippen molar-refractivity contribution in [1.29, 1.82) is 10.5 Å². The fraction of sp³-hybridized carbons (Fsp3) is 0.182. The van der Waals surface area contributed by atoms with E-state index >= 15 is 0 Å². The summed E-state index contributed by atoms with van der Waals surface area (Å²) in [4.78, 5) is 0. The SMILES string of the molecule is N#CC1C2c3ccccc3C(c3cc4ccccc4cc32)C1C#N. The summed E-state index contributed by atoms with van der Waals surface area (Å²) in [7, 11) is 0. The number of fused-ring (bicyclic) bond motifs is 2. The van der Waals surface area contributed by atoms with Crippen LogP contribution in [0.5, 0.6) is 0 Å². The molecule has 112 valence electrons. The lowest BCUT2D eigenvalue weighted by atomic mass is 9.54. The highest BCUT2D eigenvalue weighted by molar-refractivity contribution is 5.85. The van der Waals surface area contributed by atoms with Crippen molar-refractivity contribution < 1.29 is 0 Å². The number of rotatable bonds is 0. The predicted octanol–water partition coefficient (Wildman–Crippen LogP) is 4.71. The largest absolute Gasteiger partial charge is 0.198 e. The minimum atomic E-state index is -0.274. The molecule has 3 aliphatic carbocycles. The lowest BCUT2D eigenvalue weighted by Crippen LogP contribution is -2.38. The minimum Gasteiger partial charge on any atom is -0.198 e. The van der Waals surface area contributed by atoms with Gasteiger partial charge in [-0.05, 0) is 33.0 Å². The van der Waals surface area contributed by atoms with Crippen LogP contribution >= 0.6 is 0 Å². The molecular weight excluding hydrogens is 292 g/mol. The van der Waals surface area contributed by atoms with Crippen molar-refractivity contribution in [2.24, 2.45) is 11.8 Å². The number of benzene rings is 3. The van der Waals surface area contributed by atoms with Crippen molar-refractivity contribution >= 4 is 10.8 Å². The lowest BCUT2D eigenvalue weighted by molar-refractivity contribution is 0.350. The molecule has 3 aromatic carbocycles. The van der Waals surface area contributed by atoms with Crippen LogP contribution in [0, 0.1) is 34.5 Å². The average molecular weight is 306 g/mol. The van der Waals surface area contributed by atoms with Crippen LogP contribution in [0.3, 0.4) is 0 Å². The molecule has 3 aliphatic rings. The Labute approximate surface area is 140 Å². The zero-order valence-corrected chi connectivity index (χ0v) is 13.0. The van der Waals surface area contributed by atoms with Crippen LogP contribution in [-0.2, 0) is 0 Å². The quantitative estimate of drug-likeness (QED) is 0.604. The van der Waals surface area contributed by atoms with Crippen LogP contribution in [-0.4, -0.2) is 0 Å². The summed E-state index contributed by atoms with van der Waals surface area (Å²) >= 11 is 0. The first-order chi connectivity index (χ1) is 11.8. The Hall–Kier alpha value is -3.10. The number of nitriles is 2. The Bertz CT molecular complexity index is 982. The second kappa shape index (κ2) is 4.70. The summed E-state index contributed by atoms with van der Waals surface area (Å²) in [5, 5.41) is 22.0. The first kappa shape index (κ1) is 13.3. The van der Waals surface area contributed by atoms with E-state index in [2.05, 4.69) is 48.5 Å². The molecule has 0 aromatic heterocycles. The Morgan fingerprint density at radius 2 is 1.00 bits per heavy atom. The van der Waals surface area contributed by atoms with Crippen LogP contribution < -0.4 is 0 Å². The van der Waals surface area contributed by atoms with E-state index in [1.54, 1.807) is 0 Å². The van der Waals surface area contributed by atoms with Crippen molar-refractivity contribution in [3.05, 3.63) is 82.9 Å². The molecule has 2 nitrogen and oxygen atoms in total. The maximum absolute atomic E-state index is 9.78. The van der Waals surface area contributed by atoms with Crippen LogP contribution in [0.4, 0.5) is 0 Å². The predicted molar refractivity (Wildman–Crippen MR) is 92.3 cm³/mol. The number of nitrogens with zero attached hydrogens (tertiary/aromatic N) is 2. The van der Waals surface area contributed by atoms with Gasteiger partial charge in [0.05, 0.1) is 24.0 Å². The summed E-state index contributed by atoms with van der Waals surface area (Å²) in [6, 6.07) is 26.0. The summed E-state index contributed by atoms with van der Waals surface area (Å²) in [5.74, 6) is -0.548. The number of hydrogen-bond donors (Lipinski definition) is 0. The van der Waals surface area contributed by atoms with Gasteiger partial charge in [0.1, 0.15) is 0 Å². The Morgan fingerprint density at radius 3 is 1.42 bits per heavy atom. The third kappa shape index (κ3) is 1.53. The van der Waals surface area contributed by atoms with Crippen LogP contribution in [0.25, 0.3) is 10.8 Å². The van der Waals surface area contributed by atoms with Gasteiger partial charge in [-0.1, -0.05) is 60.7 Å². The molecular formula is C22H14N2. The van der Waals surface area contributed by atoms with Crippen LogP contribution in [0.2, 0.25) is 0 Å². The van der Waals surface area contributed by atoms with E-state index in [1.807, 2.05) is 24.3 Å². The molecule has 0 radical (unpaired) electrons. The molecule has 3 aromatic rings. The Kier molecular flexibility index (Phi) is 2.61. The van der Waals surface area contributed by atoms with Crippen molar-refractivity contribution in [3.8, 4) is 12.1 Å². The zero-order valence-electron chi connectivity index (χ0n) is 13.0. The Morgan fingerprint density at radius 1 is 0.583 bits per heavy atom. The second-order valence-corrected chi connectivity index (χ2v) is 6.72. The van der Waals surface area contributed by atoms with Gasteiger partial charge < -0.3 is 0 Å². The molecule has 0 saturated heterocycles. The molecule has 0 fully saturated rings. The first-order valence-corrected chi connectivity index (χ1v) is 8.24. The summed E-state index contributed by atoms with van der Waals surface area (Å²) < 4.78 is 0. The molecule has 0 heterocycles. The van der Waals surface area contributed by atoms with E-state index in [0.717, 1.165) is 0 Å². The van der Waals surface area contributed by atoms with Gasteiger partial charge in [0.15, 0.2) is 0 Å². The highest BCUT2D eigenvalue weighted by Gasteiger charge is 2.50. The van der Waals surface area contributed by atoms with Crippen LogP contribution in [0.1, 0.15) is 34.1 Å². The maximum atomic E-state index is 9.78. The first-order valence-electron chi connectivity index (χ1n) is 8.24. The standard InChI is InChI=1S/C22H14N2/c23-11-19-20(12-24)22-16-8-4-3-7-15(16)21(19)17-9-13-5-1-2-6-14(13)10-18(17)22/h1-10,19-22H. The van der Waals surface area contributed by atoms with E-state index in [9.17, 15) is 10.5 Å². The molecule has 0 N–H and O–H groups in total. The van der Waals surface area contributed by atoms with Gasteiger partial charge >= 0.3 is 0 Å². The third-order valence-corrected chi connectivity index (χ3v) is 5.69. The maximum Gasteiger partial charge on any atom is 0.0740 e. The molecule has 4 atom stereocenters. The summed E-state index contributed by atoms with van der Waals surface area (Å²) in [5.41, 5.74) is 4.91. The Balaban J connectivity index is 1.89. The second-order valence-electron chi connectivity index (χ2n) is 6.72. The number of hydrogen-bond acceptors (Lipinski definition) is 2. The van der Waals surface area contributed by atoms with E-state index in [0.29, 0.717) is 0 Å². The molecule has 4 unspecified atom stereocenters. The molecule has 2 bridgehead atoms. The van der Waals surface area contributed by atoms with Crippen molar-refractivity contribution in [2.75, 3.05) is 0 Å². The van der Waals surface area contributed by atoms with Gasteiger partial charge in [0, 0.05) is 11.8 Å².